The summed E-state index contributed by atoms with van der Waals surface area (Å²) in [5.41, 5.74) is -2.67. The molecule has 3 rings (SSSR count). The third-order valence-corrected chi connectivity index (χ3v) is 3.83. The minimum atomic E-state index is -1.60. The lowest BCUT2D eigenvalue weighted by molar-refractivity contribution is 0.0490. The van der Waals surface area contributed by atoms with Crippen LogP contribution in [0, 0.1) is 17.5 Å². The van der Waals surface area contributed by atoms with Gasteiger partial charge >= 0.3 is 5.97 Å². The van der Waals surface area contributed by atoms with E-state index in [1.165, 1.54) is 38.3 Å². The lowest BCUT2D eigenvalue weighted by atomic mass is 10.1. The molecule has 9 heteroatoms. The summed E-state index contributed by atoms with van der Waals surface area (Å²) in [5.74, 6) is -5.72. The van der Waals surface area contributed by atoms with Crippen LogP contribution in [0.4, 0.5) is 24.5 Å². The summed E-state index contributed by atoms with van der Waals surface area (Å²) in [6.07, 6.45) is 0. The summed E-state index contributed by atoms with van der Waals surface area (Å²) in [4.78, 5) is 23.9. The van der Waals surface area contributed by atoms with E-state index in [0.717, 1.165) is 0 Å². The number of fused-ring (bicyclic) bond motifs is 1. The van der Waals surface area contributed by atoms with Gasteiger partial charge in [0.2, 0.25) is 5.76 Å². The first-order valence-electron chi connectivity index (χ1n) is 8.09. The number of anilines is 2. The van der Waals surface area contributed by atoms with Crippen LogP contribution >= 0.6 is 0 Å². The predicted molar refractivity (Wildman–Crippen MR) is 94.6 cm³/mol. The number of benzene rings is 2. The fourth-order valence-corrected chi connectivity index (χ4v) is 2.52. The highest BCUT2D eigenvalue weighted by Crippen LogP contribution is 2.32. The fraction of sp³-hybridized carbons (Fsp3) is 0.158. The zero-order chi connectivity index (χ0) is 20.4. The Morgan fingerprint density at radius 3 is 2.39 bits per heavy atom. The van der Waals surface area contributed by atoms with Crippen LogP contribution in [0.2, 0.25) is 0 Å². The van der Waals surface area contributed by atoms with Gasteiger partial charge in [0.05, 0.1) is 13.7 Å². The number of carbonyl (C=O) groups is 1. The predicted octanol–water partition coefficient (Wildman–Crippen LogP) is 4.14. The van der Waals surface area contributed by atoms with Crippen molar-refractivity contribution in [1.82, 2.24) is 0 Å². The molecule has 0 atom stereocenters. The number of carbonyl (C=O) groups excluding carboxylic acids is 1. The Kier molecular flexibility index (Phi) is 5.25. The molecule has 0 amide bonds. The van der Waals surface area contributed by atoms with Crippen molar-refractivity contribution >= 4 is 28.3 Å². The Morgan fingerprint density at radius 2 is 1.79 bits per heavy atom. The van der Waals surface area contributed by atoms with E-state index in [1.54, 1.807) is 0 Å². The molecule has 1 aromatic heterocycles. The topological polar surface area (TPSA) is 77.8 Å². The van der Waals surface area contributed by atoms with Crippen LogP contribution in [0.1, 0.15) is 17.5 Å². The molecule has 0 radical (unpaired) electrons. The van der Waals surface area contributed by atoms with Gasteiger partial charge in [-0.2, -0.15) is 0 Å². The Morgan fingerprint density at radius 1 is 1.11 bits per heavy atom. The summed E-state index contributed by atoms with van der Waals surface area (Å²) < 4.78 is 58.4. The van der Waals surface area contributed by atoms with Crippen LogP contribution in [-0.4, -0.2) is 19.7 Å². The third-order valence-electron chi connectivity index (χ3n) is 3.83. The van der Waals surface area contributed by atoms with Crippen LogP contribution in [0.3, 0.4) is 0 Å². The summed E-state index contributed by atoms with van der Waals surface area (Å²) in [5, 5.41) is 1.45. The highest BCUT2D eigenvalue weighted by Gasteiger charge is 2.26. The second-order valence-corrected chi connectivity index (χ2v) is 5.57. The fourth-order valence-electron chi connectivity index (χ4n) is 2.52. The minimum Gasteiger partial charge on any atom is -0.497 e. The number of esters is 1. The maximum absolute atomic E-state index is 14.9. The van der Waals surface area contributed by atoms with Crippen molar-refractivity contribution in [1.29, 1.82) is 0 Å². The van der Waals surface area contributed by atoms with E-state index >= 15 is 0 Å². The Balaban J connectivity index is 2.17. The summed E-state index contributed by atoms with van der Waals surface area (Å²) in [6, 6.07) is 6.57. The molecule has 0 aliphatic rings. The van der Waals surface area contributed by atoms with E-state index in [-0.39, 0.29) is 12.3 Å². The molecule has 0 spiro atoms. The maximum Gasteiger partial charge on any atom is 0.374 e. The van der Waals surface area contributed by atoms with Crippen molar-refractivity contribution in [3.8, 4) is 5.75 Å². The molecule has 0 aliphatic carbocycles. The van der Waals surface area contributed by atoms with Gasteiger partial charge in [0, 0.05) is 11.8 Å². The Bertz CT molecular complexity index is 1110. The van der Waals surface area contributed by atoms with E-state index in [2.05, 4.69) is 10.1 Å². The zero-order valence-corrected chi connectivity index (χ0v) is 14.8. The molecule has 2 aromatic carbocycles. The molecular formula is C19H14F3NO5. The van der Waals surface area contributed by atoms with Crippen molar-refractivity contribution in [2.45, 2.75) is 6.92 Å². The average Bonchev–Trinajstić information content (AvgIpc) is 2.69. The Hall–Kier alpha value is -3.49. The smallest absolute Gasteiger partial charge is 0.374 e. The van der Waals surface area contributed by atoms with E-state index < -0.39 is 51.3 Å². The standard InChI is InChI=1S/C19H14F3NO5/c1-3-27-19(25)12-8-11(24)13-14(20)15(21)17(16(22)18(13)28-12)23-9-4-6-10(26-2)7-5-9/h4-8,23H,3H2,1-2H3. The zero-order valence-electron chi connectivity index (χ0n) is 14.8. The van der Waals surface area contributed by atoms with E-state index in [9.17, 15) is 22.8 Å². The lowest BCUT2D eigenvalue weighted by Gasteiger charge is -2.12. The molecule has 6 nitrogen and oxygen atoms in total. The van der Waals surface area contributed by atoms with E-state index in [4.69, 9.17) is 9.15 Å². The number of methoxy groups -OCH3 is 1. The highest BCUT2D eigenvalue weighted by atomic mass is 19.2. The molecule has 0 saturated carbocycles. The lowest BCUT2D eigenvalue weighted by Crippen LogP contribution is -2.13. The molecule has 1 heterocycles. The molecule has 1 N–H and O–H groups in total. The van der Waals surface area contributed by atoms with Gasteiger partial charge in [0.25, 0.3) is 0 Å². The second kappa shape index (κ2) is 7.63. The molecule has 28 heavy (non-hydrogen) atoms. The number of hydrogen-bond donors (Lipinski definition) is 1. The van der Waals surface area contributed by atoms with Gasteiger partial charge in [0.1, 0.15) is 16.8 Å². The number of hydrogen-bond acceptors (Lipinski definition) is 6. The summed E-state index contributed by atoms with van der Waals surface area (Å²) in [7, 11) is 1.45. The first kappa shape index (κ1) is 19.3. The quantitative estimate of drug-likeness (QED) is 0.519. The van der Waals surface area contributed by atoms with Crippen LogP contribution < -0.4 is 15.5 Å². The largest absolute Gasteiger partial charge is 0.497 e. The number of ether oxygens (including phenoxy) is 2. The van der Waals surface area contributed by atoms with Crippen molar-refractivity contribution in [2.75, 3.05) is 19.0 Å². The monoisotopic (exact) mass is 393 g/mol. The molecule has 3 aromatic rings. The number of rotatable bonds is 5. The van der Waals surface area contributed by atoms with Crippen LogP contribution in [-0.2, 0) is 4.74 Å². The molecular weight excluding hydrogens is 379 g/mol. The van der Waals surface area contributed by atoms with Crippen molar-refractivity contribution < 1.29 is 31.9 Å². The summed E-state index contributed by atoms with van der Waals surface area (Å²) in [6.45, 7) is 1.49. The first-order chi connectivity index (χ1) is 13.4. The molecule has 0 saturated heterocycles. The van der Waals surface area contributed by atoms with Gasteiger partial charge in [0.15, 0.2) is 28.5 Å². The normalized spacial score (nSPS) is 10.8. The molecule has 0 bridgehead atoms. The van der Waals surface area contributed by atoms with Crippen molar-refractivity contribution in [3.05, 3.63) is 63.8 Å². The van der Waals surface area contributed by atoms with Gasteiger partial charge in [-0.3, -0.25) is 4.79 Å². The molecule has 146 valence electrons. The van der Waals surface area contributed by atoms with Gasteiger partial charge in [-0.25, -0.2) is 18.0 Å². The maximum atomic E-state index is 14.9. The van der Waals surface area contributed by atoms with Crippen molar-refractivity contribution in [2.24, 2.45) is 0 Å². The number of halogens is 3. The van der Waals surface area contributed by atoms with E-state index in [0.29, 0.717) is 11.8 Å². The van der Waals surface area contributed by atoms with Crippen LogP contribution in [0.25, 0.3) is 11.0 Å². The van der Waals surface area contributed by atoms with Crippen LogP contribution in [0.5, 0.6) is 5.75 Å². The minimum absolute atomic E-state index is 0.0227. The second-order valence-electron chi connectivity index (χ2n) is 5.57. The molecule has 0 fully saturated rings. The SMILES string of the molecule is CCOC(=O)c1cc(=O)c2c(F)c(F)c(Nc3ccc(OC)cc3)c(F)c2o1. The molecule has 0 unspecified atom stereocenters. The first-order valence-corrected chi connectivity index (χ1v) is 8.09. The van der Waals surface area contributed by atoms with Gasteiger partial charge < -0.3 is 19.2 Å². The third kappa shape index (κ3) is 3.38. The Labute approximate surface area is 156 Å². The average molecular weight is 393 g/mol. The van der Waals surface area contributed by atoms with E-state index in [1.807, 2.05) is 0 Å². The van der Waals surface area contributed by atoms with Gasteiger partial charge in [-0.1, -0.05) is 0 Å². The molecule has 0 aliphatic heterocycles. The summed E-state index contributed by atoms with van der Waals surface area (Å²) >= 11 is 0. The van der Waals surface area contributed by atoms with Gasteiger partial charge in [-0.15, -0.1) is 0 Å². The number of nitrogens with one attached hydrogen (secondary N) is 1. The van der Waals surface area contributed by atoms with Gasteiger partial charge in [-0.05, 0) is 31.2 Å². The van der Waals surface area contributed by atoms with Crippen molar-refractivity contribution in [3.63, 3.8) is 0 Å². The highest BCUT2D eigenvalue weighted by molar-refractivity contribution is 5.90. The van der Waals surface area contributed by atoms with Crippen LogP contribution in [0.15, 0.2) is 39.5 Å².